The number of nitrogens with zero attached hydrogens (tertiary/aromatic N) is 3. The monoisotopic (exact) mass is 433 g/mol. The summed E-state index contributed by atoms with van der Waals surface area (Å²) in [6.07, 6.45) is 5.58. The molecule has 3 atom stereocenters. The lowest BCUT2D eigenvalue weighted by Crippen LogP contribution is -2.57. The summed E-state index contributed by atoms with van der Waals surface area (Å²) in [6, 6.07) is 16.0. The highest BCUT2D eigenvalue weighted by Gasteiger charge is 2.34. The second-order valence-corrected chi connectivity index (χ2v) is 8.63. The maximum absolute atomic E-state index is 12.8. The summed E-state index contributed by atoms with van der Waals surface area (Å²) < 4.78 is 0. The van der Waals surface area contributed by atoms with Crippen molar-refractivity contribution in [2.75, 3.05) is 32.7 Å². The zero-order chi connectivity index (χ0) is 23.3. The van der Waals surface area contributed by atoms with Gasteiger partial charge in [0.15, 0.2) is 0 Å². The zero-order valence-electron chi connectivity index (χ0n) is 19.7. The van der Waals surface area contributed by atoms with Gasteiger partial charge in [-0.2, -0.15) is 0 Å². The molecule has 1 fully saturated rings. The van der Waals surface area contributed by atoms with E-state index in [-0.39, 0.29) is 23.7 Å². The number of carbonyl (C=O) groups excluding carboxylic acids is 1. The molecule has 1 amide bonds. The highest BCUT2D eigenvalue weighted by molar-refractivity contribution is 5.94. The topological polar surface area (TPSA) is 47.0 Å². The summed E-state index contributed by atoms with van der Waals surface area (Å²) in [4.78, 5) is 19.4. The Morgan fingerprint density at radius 2 is 1.78 bits per heavy atom. The molecule has 1 N–H and O–H groups in total. The summed E-state index contributed by atoms with van der Waals surface area (Å²) in [5.74, 6) is 3.09. The summed E-state index contributed by atoms with van der Waals surface area (Å²) in [6.45, 7) is 12.2. The van der Waals surface area contributed by atoms with Gasteiger partial charge in [0.25, 0.3) is 5.91 Å². The number of phenolic OH excluding ortho intramolecular Hbond substituents is 1. The number of piperazine rings is 1. The Labute approximate surface area is 192 Å². The average Bonchev–Trinajstić information content (AvgIpc) is 2.78. The first-order valence-electron chi connectivity index (χ1n) is 11.5. The van der Waals surface area contributed by atoms with Crippen LogP contribution in [0, 0.1) is 12.3 Å². The number of benzene rings is 2. The number of terminal acetylenes is 1. The van der Waals surface area contributed by atoms with E-state index in [4.69, 9.17) is 6.42 Å². The second kappa shape index (κ2) is 10.7. The Morgan fingerprint density at radius 3 is 2.38 bits per heavy atom. The summed E-state index contributed by atoms with van der Waals surface area (Å²) in [7, 11) is 0. The van der Waals surface area contributed by atoms with Crippen molar-refractivity contribution in [2.24, 2.45) is 0 Å². The van der Waals surface area contributed by atoms with Gasteiger partial charge in [-0.3, -0.25) is 14.6 Å². The van der Waals surface area contributed by atoms with Gasteiger partial charge in [-0.15, -0.1) is 6.42 Å². The van der Waals surface area contributed by atoms with Crippen molar-refractivity contribution in [3.05, 3.63) is 65.2 Å². The van der Waals surface area contributed by atoms with Crippen molar-refractivity contribution in [3.8, 4) is 18.1 Å². The third-order valence-electron chi connectivity index (χ3n) is 6.50. The standard InChI is InChI=1S/C27H35N3O2/c1-6-16-29-18-21(5)30(19-20(29)4)26(24-10-9-11-25(31)17-24)22-12-14-23(15-13-22)27(32)28(7-2)8-3/h1,9-15,17,20-21,26,31H,7-8,16,18-19H2,2-5H3/t20-,21+,26-/m1/s1. The van der Waals surface area contributed by atoms with Gasteiger partial charge in [-0.05, 0) is 63.1 Å². The largest absolute Gasteiger partial charge is 0.508 e. The highest BCUT2D eigenvalue weighted by atomic mass is 16.3. The number of rotatable bonds is 7. The molecule has 2 aromatic rings. The molecule has 0 aromatic heterocycles. The quantitative estimate of drug-likeness (QED) is 0.671. The summed E-state index contributed by atoms with van der Waals surface area (Å²) in [5, 5.41) is 10.2. The van der Waals surface area contributed by atoms with Crippen molar-refractivity contribution in [1.29, 1.82) is 0 Å². The number of hydrogen-bond donors (Lipinski definition) is 1. The molecule has 1 heterocycles. The molecule has 0 aliphatic carbocycles. The van der Waals surface area contributed by atoms with Crippen LogP contribution in [0.15, 0.2) is 48.5 Å². The van der Waals surface area contributed by atoms with E-state index in [0.29, 0.717) is 31.2 Å². The third kappa shape index (κ3) is 5.15. The van der Waals surface area contributed by atoms with Gasteiger partial charge in [0.05, 0.1) is 12.6 Å². The minimum Gasteiger partial charge on any atom is -0.508 e. The lowest BCUT2D eigenvalue weighted by molar-refractivity contribution is 0.0317. The molecule has 0 spiro atoms. The van der Waals surface area contributed by atoms with E-state index in [1.165, 1.54) is 0 Å². The first-order chi connectivity index (χ1) is 15.4. The van der Waals surface area contributed by atoms with Gasteiger partial charge < -0.3 is 10.0 Å². The minimum absolute atomic E-state index is 0.0230. The fraction of sp³-hybridized carbons (Fsp3) is 0.444. The smallest absolute Gasteiger partial charge is 0.253 e. The number of hydrogen-bond acceptors (Lipinski definition) is 4. The molecule has 32 heavy (non-hydrogen) atoms. The van der Waals surface area contributed by atoms with E-state index < -0.39 is 0 Å². The van der Waals surface area contributed by atoms with E-state index in [1.54, 1.807) is 6.07 Å². The van der Waals surface area contributed by atoms with Crippen LogP contribution in [0.25, 0.3) is 0 Å². The molecule has 1 aliphatic rings. The van der Waals surface area contributed by atoms with Crippen LogP contribution in [0.3, 0.4) is 0 Å². The second-order valence-electron chi connectivity index (χ2n) is 8.63. The molecule has 2 aromatic carbocycles. The third-order valence-corrected chi connectivity index (χ3v) is 6.50. The SMILES string of the molecule is C#CCN1C[C@H](C)N([C@H](c2ccc(C(=O)N(CC)CC)cc2)c2cccc(O)c2)C[C@H]1C. The molecule has 3 rings (SSSR count). The predicted molar refractivity (Wildman–Crippen MR) is 130 cm³/mol. The van der Waals surface area contributed by atoms with E-state index in [2.05, 4.69) is 47.8 Å². The van der Waals surface area contributed by atoms with Crippen molar-refractivity contribution >= 4 is 5.91 Å². The van der Waals surface area contributed by atoms with Crippen molar-refractivity contribution in [3.63, 3.8) is 0 Å². The van der Waals surface area contributed by atoms with E-state index in [1.807, 2.05) is 43.0 Å². The number of phenols is 1. The van der Waals surface area contributed by atoms with Crippen LogP contribution >= 0.6 is 0 Å². The maximum atomic E-state index is 12.8. The Bertz CT molecular complexity index is 946. The molecule has 0 radical (unpaired) electrons. The Balaban J connectivity index is 1.96. The number of carbonyl (C=O) groups is 1. The molecule has 0 saturated carbocycles. The normalized spacial score (nSPS) is 20.5. The Kier molecular flexibility index (Phi) is 7.95. The van der Waals surface area contributed by atoms with Gasteiger partial charge in [-0.25, -0.2) is 0 Å². The fourth-order valence-electron chi connectivity index (χ4n) is 4.69. The van der Waals surface area contributed by atoms with Crippen LogP contribution in [0.2, 0.25) is 0 Å². The zero-order valence-corrected chi connectivity index (χ0v) is 19.7. The van der Waals surface area contributed by atoms with E-state index >= 15 is 0 Å². The molecule has 1 saturated heterocycles. The van der Waals surface area contributed by atoms with Crippen molar-refractivity contribution in [2.45, 2.75) is 45.8 Å². The number of amides is 1. The Morgan fingerprint density at radius 1 is 1.09 bits per heavy atom. The highest BCUT2D eigenvalue weighted by Crippen LogP contribution is 2.34. The lowest BCUT2D eigenvalue weighted by Gasteiger charge is -2.47. The molecule has 5 nitrogen and oxygen atoms in total. The number of aromatic hydroxyl groups is 1. The average molecular weight is 434 g/mol. The van der Waals surface area contributed by atoms with Gasteiger partial charge >= 0.3 is 0 Å². The molecule has 1 aliphatic heterocycles. The first-order valence-corrected chi connectivity index (χ1v) is 11.5. The van der Waals surface area contributed by atoms with Crippen LogP contribution in [0.4, 0.5) is 0 Å². The molecular formula is C27H35N3O2. The minimum atomic E-state index is -0.0230. The van der Waals surface area contributed by atoms with E-state index in [9.17, 15) is 9.90 Å². The maximum Gasteiger partial charge on any atom is 0.253 e. The molecule has 0 unspecified atom stereocenters. The molecule has 0 bridgehead atoms. The van der Waals surface area contributed by atoms with Gasteiger partial charge in [0.1, 0.15) is 5.75 Å². The van der Waals surface area contributed by atoms with Gasteiger partial charge in [-0.1, -0.05) is 30.2 Å². The summed E-state index contributed by atoms with van der Waals surface area (Å²) in [5.41, 5.74) is 2.85. The molecule has 5 heteroatoms. The van der Waals surface area contributed by atoms with Crippen LogP contribution in [-0.4, -0.2) is 70.5 Å². The van der Waals surface area contributed by atoms with Gasteiger partial charge in [0, 0.05) is 43.8 Å². The lowest BCUT2D eigenvalue weighted by atomic mass is 9.92. The van der Waals surface area contributed by atoms with Gasteiger partial charge in [0.2, 0.25) is 0 Å². The van der Waals surface area contributed by atoms with Crippen molar-refractivity contribution < 1.29 is 9.90 Å². The predicted octanol–water partition coefficient (Wildman–Crippen LogP) is 3.99. The molecule has 170 valence electrons. The van der Waals surface area contributed by atoms with Crippen LogP contribution in [0.1, 0.15) is 55.2 Å². The van der Waals surface area contributed by atoms with Crippen LogP contribution < -0.4 is 0 Å². The Hall–Kier alpha value is -2.81. The van der Waals surface area contributed by atoms with Crippen LogP contribution in [-0.2, 0) is 0 Å². The molecular weight excluding hydrogens is 398 g/mol. The first kappa shape index (κ1) is 23.8. The van der Waals surface area contributed by atoms with Crippen molar-refractivity contribution in [1.82, 2.24) is 14.7 Å². The fourth-order valence-corrected chi connectivity index (χ4v) is 4.69. The van der Waals surface area contributed by atoms with E-state index in [0.717, 1.165) is 24.2 Å². The van der Waals surface area contributed by atoms with Crippen LogP contribution in [0.5, 0.6) is 5.75 Å². The summed E-state index contributed by atoms with van der Waals surface area (Å²) >= 11 is 0.